The summed E-state index contributed by atoms with van der Waals surface area (Å²) in [6.45, 7) is 24.6. The molecule has 1 heterocycles. The van der Waals surface area contributed by atoms with Gasteiger partial charge in [-0.3, -0.25) is 9.59 Å². The van der Waals surface area contributed by atoms with Gasteiger partial charge in [0, 0.05) is 23.0 Å². The molecule has 1 fully saturated rings. The number of amides is 1. The van der Waals surface area contributed by atoms with Gasteiger partial charge in [0.15, 0.2) is 6.29 Å². The minimum atomic E-state index is -0.688. The molecular formula is C30H53F2N5O2. The maximum atomic E-state index is 13.3. The molecular weight excluding hydrogens is 500 g/mol. The third-order valence-electron chi connectivity index (χ3n) is 4.82. The van der Waals surface area contributed by atoms with Crippen LogP contribution in [0.1, 0.15) is 82.1 Å². The number of piperidine rings is 1. The number of nitrogens with one attached hydrogen (secondary N) is 2. The molecule has 0 aromatic rings. The van der Waals surface area contributed by atoms with Gasteiger partial charge < -0.3 is 22.2 Å². The first kappa shape index (κ1) is 43.0. The van der Waals surface area contributed by atoms with E-state index in [0.29, 0.717) is 23.0 Å². The summed E-state index contributed by atoms with van der Waals surface area (Å²) in [6, 6.07) is -0.390. The summed E-state index contributed by atoms with van der Waals surface area (Å²) in [4.78, 5) is 24.2. The Balaban J connectivity index is -0.000000231. The lowest BCUT2D eigenvalue weighted by atomic mass is 9.83. The minimum absolute atomic E-state index is 0.0667. The molecule has 0 aromatic carbocycles. The molecule has 0 aliphatic carbocycles. The van der Waals surface area contributed by atoms with Gasteiger partial charge in [0.1, 0.15) is 11.7 Å². The lowest BCUT2D eigenvalue weighted by Gasteiger charge is -2.29. The van der Waals surface area contributed by atoms with Crippen molar-refractivity contribution in [2.75, 3.05) is 13.1 Å². The van der Waals surface area contributed by atoms with Gasteiger partial charge in [-0.1, -0.05) is 54.2 Å². The van der Waals surface area contributed by atoms with Crippen LogP contribution in [0.25, 0.3) is 0 Å². The van der Waals surface area contributed by atoms with Gasteiger partial charge in [0.25, 0.3) is 5.91 Å². The Hall–Kier alpha value is -3.04. The molecule has 0 radical (unpaired) electrons. The van der Waals surface area contributed by atoms with Gasteiger partial charge in [0.05, 0.1) is 6.21 Å². The summed E-state index contributed by atoms with van der Waals surface area (Å²) in [5.41, 5.74) is 12.8. The van der Waals surface area contributed by atoms with Crippen LogP contribution in [0.2, 0.25) is 0 Å². The second-order valence-electron chi connectivity index (χ2n) is 8.69. The summed E-state index contributed by atoms with van der Waals surface area (Å²) in [7, 11) is 0. The molecule has 9 heteroatoms. The van der Waals surface area contributed by atoms with Crippen LogP contribution in [0.3, 0.4) is 0 Å². The number of nitrogens with zero attached hydrogens (tertiary/aromatic N) is 1. The summed E-state index contributed by atoms with van der Waals surface area (Å²) in [5.74, 6) is -1.80. The number of aldehydes is 1. The molecule has 1 atom stereocenters. The first-order valence-corrected chi connectivity index (χ1v) is 13.2. The zero-order chi connectivity index (χ0) is 31.6. The molecule has 0 spiro atoms. The molecule has 0 aromatic heterocycles. The number of carbonyl (C=O) groups is 2. The Bertz CT molecular complexity index is 872. The van der Waals surface area contributed by atoms with Crippen LogP contribution in [0.4, 0.5) is 8.78 Å². The monoisotopic (exact) mass is 553 g/mol. The Kier molecular flexibility index (Phi) is 29.3. The van der Waals surface area contributed by atoms with E-state index in [1.807, 2.05) is 27.7 Å². The average molecular weight is 554 g/mol. The summed E-state index contributed by atoms with van der Waals surface area (Å²) < 4.78 is 25.7. The second-order valence-corrected chi connectivity index (χ2v) is 8.69. The van der Waals surface area contributed by atoms with Crippen molar-refractivity contribution < 1.29 is 18.4 Å². The van der Waals surface area contributed by atoms with E-state index in [1.54, 1.807) is 13.8 Å². The molecule has 0 bridgehead atoms. The highest BCUT2D eigenvalue weighted by molar-refractivity contribution is 6.12. The van der Waals surface area contributed by atoms with Crippen molar-refractivity contribution >= 4 is 24.1 Å². The molecule has 6 N–H and O–H groups in total. The minimum Gasteiger partial charge on any atom is -0.402 e. The zero-order valence-electron chi connectivity index (χ0n) is 25.8. The lowest BCUT2D eigenvalue weighted by Crippen LogP contribution is -2.32. The number of nitrogens with two attached hydrogens (primary N) is 2. The molecule has 39 heavy (non-hydrogen) atoms. The fourth-order valence-electron chi connectivity index (χ4n) is 2.53. The van der Waals surface area contributed by atoms with Crippen molar-refractivity contribution in [2.24, 2.45) is 21.9 Å². The predicted molar refractivity (Wildman–Crippen MR) is 164 cm³/mol. The van der Waals surface area contributed by atoms with Crippen LogP contribution in [0.5, 0.6) is 0 Å². The molecule has 1 rings (SSSR count). The molecule has 1 aliphatic heterocycles. The van der Waals surface area contributed by atoms with Crippen molar-refractivity contribution in [3.8, 4) is 0 Å². The highest BCUT2D eigenvalue weighted by Gasteiger charge is 2.19. The predicted octanol–water partition coefficient (Wildman–Crippen LogP) is 6.68. The molecule has 7 nitrogen and oxygen atoms in total. The third-order valence-corrected chi connectivity index (χ3v) is 4.82. The van der Waals surface area contributed by atoms with E-state index < -0.39 is 17.6 Å². The highest BCUT2D eigenvalue weighted by atomic mass is 19.1. The van der Waals surface area contributed by atoms with E-state index in [1.165, 1.54) is 45.9 Å². The van der Waals surface area contributed by atoms with Crippen LogP contribution in [-0.4, -0.2) is 43.3 Å². The van der Waals surface area contributed by atoms with Crippen molar-refractivity contribution in [1.29, 1.82) is 5.41 Å². The van der Waals surface area contributed by atoms with Crippen LogP contribution >= 0.6 is 0 Å². The summed E-state index contributed by atoms with van der Waals surface area (Å²) in [6.07, 6.45) is 8.35. The van der Waals surface area contributed by atoms with Crippen LogP contribution in [-0.2, 0) is 9.59 Å². The Morgan fingerprint density at radius 3 is 1.85 bits per heavy atom. The Morgan fingerprint density at radius 2 is 1.56 bits per heavy atom. The van der Waals surface area contributed by atoms with Crippen molar-refractivity contribution in [2.45, 2.75) is 88.1 Å². The standard InChI is InChI=1S/C11H16FN3O.C8H10FNO.C7H15N.2C2H6/c1-4-11(16)15-6-9(12)5-10(7(2)13)8(3)14;1-3-8(9)4-7(5-11)6(2)10;1-7(2)3-5-8-6-4-7;2*1-2/h4-7H,1,13-14H2,2-3H3;3-5,10H,1-2H3;8H,3-6H2,1-2H3;2*1-2H3/b9-5+,10-8-,15-6?;7-4-,8-3+,10-6?;;;. The number of aliphatic imine (C=N–C) groups is 1. The molecule has 224 valence electrons. The van der Waals surface area contributed by atoms with Gasteiger partial charge in [0.2, 0.25) is 0 Å². The highest BCUT2D eigenvalue weighted by Crippen LogP contribution is 2.25. The van der Waals surface area contributed by atoms with Crippen LogP contribution < -0.4 is 16.8 Å². The maximum Gasteiger partial charge on any atom is 0.269 e. The quantitative estimate of drug-likeness (QED) is 0.121. The molecule has 1 saturated heterocycles. The summed E-state index contributed by atoms with van der Waals surface area (Å²) in [5, 5.41) is 10.4. The molecule has 1 amide bonds. The first-order chi connectivity index (χ1) is 18.2. The Labute approximate surface area is 235 Å². The normalized spacial score (nSPS) is 16.2. The van der Waals surface area contributed by atoms with E-state index in [2.05, 4.69) is 30.7 Å². The average Bonchev–Trinajstić information content (AvgIpc) is 2.91. The van der Waals surface area contributed by atoms with E-state index in [0.717, 1.165) is 24.4 Å². The molecule has 1 unspecified atom stereocenters. The lowest BCUT2D eigenvalue weighted by molar-refractivity contribution is -0.113. The van der Waals surface area contributed by atoms with Gasteiger partial charge in [-0.25, -0.2) is 13.8 Å². The number of hydrogen-bond donors (Lipinski definition) is 4. The fraction of sp³-hybridized carbons (Fsp3) is 0.533. The van der Waals surface area contributed by atoms with Crippen LogP contribution in [0.15, 0.2) is 64.4 Å². The van der Waals surface area contributed by atoms with E-state index >= 15 is 0 Å². The zero-order valence-corrected chi connectivity index (χ0v) is 25.8. The van der Waals surface area contributed by atoms with Gasteiger partial charge in [-0.05, 0) is 82.8 Å². The van der Waals surface area contributed by atoms with E-state index in [9.17, 15) is 18.4 Å². The topological polar surface area (TPSA) is 134 Å². The number of rotatable bonds is 7. The van der Waals surface area contributed by atoms with Gasteiger partial charge in [-0.15, -0.1) is 0 Å². The second kappa shape index (κ2) is 26.6. The van der Waals surface area contributed by atoms with E-state index in [-0.39, 0.29) is 17.3 Å². The number of halogens is 2. The van der Waals surface area contributed by atoms with Crippen molar-refractivity contribution in [3.63, 3.8) is 0 Å². The first-order valence-electron chi connectivity index (χ1n) is 13.2. The molecule has 1 aliphatic rings. The number of carbonyl (C=O) groups excluding carboxylic acids is 2. The van der Waals surface area contributed by atoms with Crippen molar-refractivity contribution in [3.05, 3.63) is 59.4 Å². The van der Waals surface area contributed by atoms with Crippen molar-refractivity contribution in [1.82, 2.24) is 5.32 Å². The smallest absolute Gasteiger partial charge is 0.269 e. The number of hydrogen-bond acceptors (Lipinski definition) is 6. The SMILES string of the molecule is C/C=C(F)\C=C(\C=O)C(C)=N.C=CC(=O)N=C/C(F)=C\C(=C(/C)N)C(C)N.CC.CC.CC1(C)CCNCC1. The Morgan fingerprint density at radius 1 is 1.08 bits per heavy atom. The fourth-order valence-corrected chi connectivity index (χ4v) is 2.53. The van der Waals surface area contributed by atoms with Crippen LogP contribution in [0, 0.1) is 10.8 Å². The maximum absolute atomic E-state index is 13.3. The number of allylic oxidation sites excluding steroid dienone is 6. The largest absolute Gasteiger partial charge is 0.402 e. The molecule has 0 saturated carbocycles. The third kappa shape index (κ3) is 26.4. The van der Waals surface area contributed by atoms with E-state index in [4.69, 9.17) is 16.9 Å². The summed E-state index contributed by atoms with van der Waals surface area (Å²) >= 11 is 0. The van der Waals surface area contributed by atoms with Gasteiger partial charge >= 0.3 is 0 Å². The van der Waals surface area contributed by atoms with Gasteiger partial charge in [-0.2, -0.15) is 0 Å².